The van der Waals surface area contributed by atoms with Crippen molar-refractivity contribution in [2.45, 2.75) is 83.1 Å². The number of methoxy groups -OCH3 is 1. The molecule has 3 unspecified atom stereocenters. The van der Waals surface area contributed by atoms with Gasteiger partial charge >= 0.3 is 11.9 Å². The van der Waals surface area contributed by atoms with Crippen LogP contribution in [0.15, 0.2) is 54.6 Å². The zero-order valence-corrected chi connectivity index (χ0v) is 22.6. The summed E-state index contributed by atoms with van der Waals surface area (Å²) in [5.41, 5.74) is 2.90. The van der Waals surface area contributed by atoms with Gasteiger partial charge in [-0.1, -0.05) is 24.3 Å². The Morgan fingerprint density at radius 1 is 1.08 bits per heavy atom. The predicted octanol–water partition coefficient (Wildman–Crippen LogP) is 5.75. The number of fused-ring (bicyclic) bond motifs is 4. The Kier molecular flexibility index (Phi) is 7.34. The molecular weight excluding hydrogens is 484 g/mol. The molecule has 1 saturated heterocycles. The first-order valence-electron chi connectivity index (χ1n) is 13.3. The number of aryl methyl sites for hydroxylation is 1. The number of carbonyl (C=O) groups excluding carboxylic acids is 2. The van der Waals surface area contributed by atoms with Gasteiger partial charge in [-0.25, -0.2) is 9.59 Å². The summed E-state index contributed by atoms with van der Waals surface area (Å²) in [6.45, 7) is 7.55. The minimum atomic E-state index is -0.816. The van der Waals surface area contributed by atoms with Crippen LogP contribution in [0, 0.1) is 12.8 Å². The van der Waals surface area contributed by atoms with E-state index in [1.165, 1.54) is 0 Å². The molecule has 2 aromatic rings. The van der Waals surface area contributed by atoms with Crippen molar-refractivity contribution >= 4 is 11.9 Å². The highest BCUT2D eigenvalue weighted by Crippen LogP contribution is 2.54. The lowest BCUT2D eigenvalue weighted by Gasteiger charge is -2.25. The quantitative estimate of drug-likeness (QED) is 0.377. The van der Waals surface area contributed by atoms with Gasteiger partial charge in [-0.15, -0.1) is 0 Å². The number of esters is 2. The molecule has 202 valence electrons. The van der Waals surface area contributed by atoms with E-state index in [9.17, 15) is 9.59 Å². The number of rotatable bonds is 3. The summed E-state index contributed by atoms with van der Waals surface area (Å²) in [7, 11) is 1.63. The molecule has 2 aromatic carbocycles. The summed E-state index contributed by atoms with van der Waals surface area (Å²) in [4.78, 5) is 26.3. The van der Waals surface area contributed by atoms with Gasteiger partial charge in [0.25, 0.3) is 0 Å². The molecule has 7 heteroatoms. The third kappa shape index (κ3) is 5.64. The smallest absolute Gasteiger partial charge is 0.338 e. The van der Waals surface area contributed by atoms with Crippen molar-refractivity contribution in [2.75, 3.05) is 7.11 Å². The molecule has 38 heavy (non-hydrogen) atoms. The highest BCUT2D eigenvalue weighted by molar-refractivity contribution is 5.93. The molecule has 0 N–H and O–H groups in total. The number of cyclic esters (lactones) is 1. The second kappa shape index (κ2) is 10.5. The molecule has 2 fully saturated rings. The van der Waals surface area contributed by atoms with E-state index in [1.807, 2.05) is 58.0 Å². The van der Waals surface area contributed by atoms with Gasteiger partial charge in [0.1, 0.15) is 24.1 Å². The molecule has 1 saturated carbocycles. The largest absolute Gasteiger partial charge is 0.497 e. The van der Waals surface area contributed by atoms with E-state index in [4.69, 9.17) is 23.7 Å². The van der Waals surface area contributed by atoms with Gasteiger partial charge in [-0.05, 0) is 93.8 Å². The maximum atomic E-state index is 13.3. The third-order valence-corrected chi connectivity index (χ3v) is 7.54. The number of hydrogen-bond donors (Lipinski definition) is 0. The second-order valence-electron chi connectivity index (χ2n) is 11.0. The summed E-state index contributed by atoms with van der Waals surface area (Å²) < 4.78 is 30.1. The molecule has 0 amide bonds. The highest BCUT2D eigenvalue weighted by Gasteiger charge is 2.51. The minimum absolute atomic E-state index is 0.179. The molecule has 7 nitrogen and oxygen atoms in total. The molecular formula is C31H36O7. The Bertz CT molecular complexity index is 1220. The van der Waals surface area contributed by atoms with Gasteiger partial charge in [0, 0.05) is 6.42 Å². The van der Waals surface area contributed by atoms with Crippen LogP contribution in [0.25, 0.3) is 0 Å². The van der Waals surface area contributed by atoms with Crippen LogP contribution in [0.5, 0.6) is 5.75 Å². The van der Waals surface area contributed by atoms with Crippen molar-refractivity contribution in [1.82, 2.24) is 0 Å². The fourth-order valence-corrected chi connectivity index (χ4v) is 5.66. The zero-order chi connectivity index (χ0) is 27.0. The average molecular weight is 521 g/mol. The lowest BCUT2D eigenvalue weighted by atomic mass is 9.94. The van der Waals surface area contributed by atoms with E-state index in [0.29, 0.717) is 24.0 Å². The van der Waals surface area contributed by atoms with Crippen molar-refractivity contribution < 1.29 is 33.3 Å². The van der Waals surface area contributed by atoms with Crippen molar-refractivity contribution in [3.63, 3.8) is 0 Å². The lowest BCUT2D eigenvalue weighted by Crippen LogP contribution is -2.38. The topological polar surface area (TPSA) is 80.3 Å². The molecule has 3 aliphatic rings. The lowest BCUT2D eigenvalue weighted by molar-refractivity contribution is -0.153. The number of carbonyl (C=O) groups is 2. The summed E-state index contributed by atoms with van der Waals surface area (Å²) in [6.07, 6.45) is 4.05. The van der Waals surface area contributed by atoms with Crippen molar-refractivity contribution in [2.24, 2.45) is 5.92 Å². The zero-order valence-electron chi connectivity index (χ0n) is 22.6. The number of benzene rings is 2. The summed E-state index contributed by atoms with van der Waals surface area (Å²) in [6, 6.07) is 12.8. The fourth-order valence-electron chi connectivity index (χ4n) is 5.66. The van der Waals surface area contributed by atoms with Gasteiger partial charge in [0.05, 0.1) is 24.3 Å². The molecule has 5 rings (SSSR count). The SMILES string of the molecule is COc1cc(C)c2c(c1)C1CC1C[C@@H]1OC(C)(C)O[C@@H]1C(OC(=O)c1ccccc1)/C=C\C[C@H](C)OC2=O. The van der Waals surface area contributed by atoms with Gasteiger partial charge < -0.3 is 23.7 Å². The van der Waals surface area contributed by atoms with Crippen LogP contribution in [0.2, 0.25) is 0 Å². The number of hydrogen-bond acceptors (Lipinski definition) is 7. The van der Waals surface area contributed by atoms with E-state index >= 15 is 0 Å². The molecule has 2 aliphatic heterocycles. The first-order valence-corrected chi connectivity index (χ1v) is 13.3. The van der Waals surface area contributed by atoms with Crippen LogP contribution in [-0.4, -0.2) is 49.3 Å². The van der Waals surface area contributed by atoms with Gasteiger partial charge in [-0.3, -0.25) is 0 Å². The Hall–Kier alpha value is -3.16. The Balaban J connectivity index is 1.48. The molecule has 2 heterocycles. The van der Waals surface area contributed by atoms with E-state index in [0.717, 1.165) is 23.3 Å². The molecule has 0 bridgehead atoms. The van der Waals surface area contributed by atoms with E-state index < -0.39 is 24.0 Å². The molecule has 0 aromatic heterocycles. The van der Waals surface area contributed by atoms with Gasteiger partial charge in [0.15, 0.2) is 5.79 Å². The normalized spacial score (nSPS) is 31.0. The molecule has 0 spiro atoms. The second-order valence-corrected chi connectivity index (χ2v) is 11.0. The Labute approximate surface area is 224 Å². The number of ether oxygens (including phenoxy) is 5. The maximum absolute atomic E-state index is 13.3. The molecule has 0 radical (unpaired) electrons. The van der Waals surface area contributed by atoms with Crippen LogP contribution in [0.3, 0.4) is 0 Å². The Morgan fingerprint density at radius 3 is 2.58 bits per heavy atom. The summed E-state index contributed by atoms with van der Waals surface area (Å²) >= 11 is 0. The van der Waals surface area contributed by atoms with Crippen LogP contribution in [0.1, 0.15) is 77.8 Å². The fraction of sp³-hybridized carbons (Fsp3) is 0.484. The summed E-state index contributed by atoms with van der Waals surface area (Å²) in [5, 5.41) is 0. The summed E-state index contributed by atoms with van der Waals surface area (Å²) in [5.74, 6) is -0.373. The van der Waals surface area contributed by atoms with Gasteiger partial charge in [-0.2, -0.15) is 0 Å². The molecule has 6 atom stereocenters. The Morgan fingerprint density at radius 2 is 1.84 bits per heavy atom. The van der Waals surface area contributed by atoms with Crippen molar-refractivity contribution in [1.29, 1.82) is 0 Å². The van der Waals surface area contributed by atoms with Gasteiger partial charge in [0.2, 0.25) is 0 Å². The van der Waals surface area contributed by atoms with E-state index in [-0.39, 0.29) is 30.0 Å². The van der Waals surface area contributed by atoms with Crippen molar-refractivity contribution in [3.8, 4) is 5.75 Å². The van der Waals surface area contributed by atoms with Crippen LogP contribution < -0.4 is 4.74 Å². The average Bonchev–Trinajstić information content (AvgIpc) is 3.57. The molecule has 1 aliphatic carbocycles. The van der Waals surface area contributed by atoms with Crippen LogP contribution in [0.4, 0.5) is 0 Å². The monoisotopic (exact) mass is 520 g/mol. The highest BCUT2D eigenvalue weighted by atomic mass is 16.8. The third-order valence-electron chi connectivity index (χ3n) is 7.54. The van der Waals surface area contributed by atoms with E-state index in [2.05, 4.69) is 0 Å². The minimum Gasteiger partial charge on any atom is -0.497 e. The maximum Gasteiger partial charge on any atom is 0.338 e. The van der Waals surface area contributed by atoms with Crippen LogP contribution in [-0.2, 0) is 18.9 Å². The first kappa shape index (κ1) is 26.4. The predicted molar refractivity (Wildman–Crippen MR) is 141 cm³/mol. The standard InChI is InChI=1S/C31H36O7/c1-18-14-22(34-5)17-24-23-15-21(23)16-26-28(38-31(3,4)37-26)25(36-29(32)20-11-7-6-8-12-20)13-9-10-19(2)35-30(33)27(18)24/h6-9,11-14,17,19,21,23,25-26,28H,10,15-16H2,1-5H3/b13-9-/t19-,21?,23?,25?,26-,28+/m0/s1. The first-order chi connectivity index (χ1) is 18.1. The van der Waals surface area contributed by atoms with Crippen molar-refractivity contribution in [3.05, 3.63) is 76.9 Å². The van der Waals surface area contributed by atoms with E-state index in [1.54, 1.807) is 31.4 Å². The van der Waals surface area contributed by atoms with Crippen LogP contribution >= 0.6 is 0 Å².